The van der Waals surface area contributed by atoms with E-state index in [1.54, 1.807) is 12.1 Å². The Hall–Kier alpha value is -0.930. The largest absolute Gasteiger partial charge is 0.393 e. The molecular weight excluding hydrogens is 470 g/mol. The minimum absolute atomic E-state index is 0. The average molecular weight is 504 g/mol. The SMILES string of the molecule is CCNC(=NCC1CCN(Cc2ccccc2F)CC1)N1CCC(O)CC1.I. The second kappa shape index (κ2) is 11.9. The highest BCUT2D eigenvalue weighted by atomic mass is 127. The molecule has 0 amide bonds. The van der Waals surface area contributed by atoms with E-state index < -0.39 is 0 Å². The molecule has 1 aromatic carbocycles. The minimum atomic E-state index is -0.164. The number of hydrogen-bond acceptors (Lipinski definition) is 3. The first-order valence-electron chi connectivity index (χ1n) is 10.3. The molecule has 28 heavy (non-hydrogen) atoms. The Morgan fingerprint density at radius 2 is 1.82 bits per heavy atom. The van der Waals surface area contributed by atoms with Crippen molar-refractivity contribution in [3.8, 4) is 0 Å². The number of guanidine groups is 1. The van der Waals surface area contributed by atoms with Gasteiger partial charge in [0.25, 0.3) is 0 Å². The first-order chi connectivity index (χ1) is 13.2. The Morgan fingerprint density at radius 3 is 2.46 bits per heavy atom. The second-order valence-electron chi connectivity index (χ2n) is 7.72. The van der Waals surface area contributed by atoms with Crippen molar-refractivity contribution < 1.29 is 9.50 Å². The van der Waals surface area contributed by atoms with Gasteiger partial charge in [-0.05, 0) is 57.7 Å². The number of likely N-dealkylation sites (tertiary alicyclic amines) is 2. The van der Waals surface area contributed by atoms with Crippen LogP contribution in [-0.2, 0) is 6.54 Å². The van der Waals surface area contributed by atoms with E-state index in [1.165, 1.54) is 0 Å². The van der Waals surface area contributed by atoms with E-state index in [9.17, 15) is 9.50 Å². The van der Waals surface area contributed by atoms with Gasteiger partial charge in [-0.25, -0.2) is 4.39 Å². The Morgan fingerprint density at radius 1 is 1.14 bits per heavy atom. The zero-order chi connectivity index (χ0) is 19.1. The molecule has 2 heterocycles. The zero-order valence-corrected chi connectivity index (χ0v) is 19.1. The van der Waals surface area contributed by atoms with Crippen LogP contribution >= 0.6 is 24.0 Å². The van der Waals surface area contributed by atoms with Gasteiger partial charge in [0.1, 0.15) is 5.82 Å². The second-order valence-corrected chi connectivity index (χ2v) is 7.72. The molecule has 1 aromatic rings. The van der Waals surface area contributed by atoms with E-state index in [-0.39, 0.29) is 35.9 Å². The number of hydrogen-bond donors (Lipinski definition) is 2. The fraction of sp³-hybridized carbons (Fsp3) is 0.667. The maximum atomic E-state index is 13.8. The van der Waals surface area contributed by atoms with Crippen LogP contribution in [0.3, 0.4) is 0 Å². The summed E-state index contributed by atoms with van der Waals surface area (Å²) in [5, 5.41) is 13.1. The molecule has 5 nitrogen and oxygen atoms in total. The predicted molar refractivity (Wildman–Crippen MR) is 123 cm³/mol. The summed E-state index contributed by atoms with van der Waals surface area (Å²) in [5.41, 5.74) is 0.788. The molecule has 0 bridgehead atoms. The van der Waals surface area contributed by atoms with E-state index in [1.807, 2.05) is 12.1 Å². The van der Waals surface area contributed by atoms with Gasteiger partial charge >= 0.3 is 0 Å². The molecule has 0 atom stereocenters. The zero-order valence-electron chi connectivity index (χ0n) is 16.8. The molecule has 2 aliphatic heterocycles. The maximum Gasteiger partial charge on any atom is 0.193 e. The van der Waals surface area contributed by atoms with Crippen molar-refractivity contribution in [3.63, 3.8) is 0 Å². The molecule has 0 radical (unpaired) electrons. The van der Waals surface area contributed by atoms with Crippen molar-refractivity contribution in [2.24, 2.45) is 10.9 Å². The standard InChI is InChI=1S/C21H33FN4O.HI/c1-2-23-21(26-13-9-19(27)10-14-26)24-15-17-7-11-25(12-8-17)16-18-5-3-4-6-20(18)22;/h3-6,17,19,27H,2,7-16H2,1H3,(H,23,24);1H. The molecule has 2 N–H and O–H groups in total. The van der Waals surface area contributed by atoms with Crippen molar-refractivity contribution in [2.45, 2.75) is 45.3 Å². The summed E-state index contributed by atoms with van der Waals surface area (Å²) in [4.78, 5) is 9.49. The number of aliphatic hydroxyl groups is 1. The molecule has 0 spiro atoms. The lowest BCUT2D eigenvalue weighted by molar-refractivity contribution is 0.108. The van der Waals surface area contributed by atoms with E-state index in [0.29, 0.717) is 12.5 Å². The number of benzene rings is 1. The summed E-state index contributed by atoms with van der Waals surface area (Å²) in [6, 6.07) is 7.07. The summed E-state index contributed by atoms with van der Waals surface area (Å²) in [7, 11) is 0. The van der Waals surface area contributed by atoms with Gasteiger partial charge in [-0.2, -0.15) is 0 Å². The molecule has 7 heteroatoms. The highest BCUT2D eigenvalue weighted by Gasteiger charge is 2.22. The number of aliphatic imine (C=N–C) groups is 1. The van der Waals surface area contributed by atoms with Crippen LogP contribution in [0.2, 0.25) is 0 Å². The normalized spacial score (nSPS) is 20.1. The molecule has 3 rings (SSSR count). The summed E-state index contributed by atoms with van der Waals surface area (Å²) in [6.07, 6.45) is 3.69. The maximum absolute atomic E-state index is 13.8. The smallest absolute Gasteiger partial charge is 0.193 e. The van der Waals surface area contributed by atoms with Crippen molar-refractivity contribution in [1.82, 2.24) is 15.1 Å². The van der Waals surface area contributed by atoms with Gasteiger partial charge in [0, 0.05) is 38.3 Å². The van der Waals surface area contributed by atoms with Crippen LogP contribution in [0.25, 0.3) is 0 Å². The van der Waals surface area contributed by atoms with Crippen molar-refractivity contribution >= 4 is 29.9 Å². The summed E-state index contributed by atoms with van der Waals surface area (Å²) in [5.74, 6) is 1.47. The minimum Gasteiger partial charge on any atom is -0.393 e. The molecule has 2 aliphatic rings. The van der Waals surface area contributed by atoms with Crippen molar-refractivity contribution in [3.05, 3.63) is 35.6 Å². The van der Waals surface area contributed by atoms with Gasteiger partial charge in [-0.15, -0.1) is 24.0 Å². The van der Waals surface area contributed by atoms with Crippen LogP contribution in [0.1, 0.15) is 38.2 Å². The number of halogens is 2. The van der Waals surface area contributed by atoms with Crippen LogP contribution < -0.4 is 5.32 Å². The highest BCUT2D eigenvalue weighted by Crippen LogP contribution is 2.20. The van der Waals surface area contributed by atoms with Gasteiger partial charge in [0.15, 0.2) is 5.96 Å². The Labute approximate surface area is 185 Å². The first-order valence-corrected chi connectivity index (χ1v) is 10.3. The fourth-order valence-corrected chi connectivity index (χ4v) is 3.91. The van der Waals surface area contributed by atoms with E-state index in [2.05, 4.69) is 22.0 Å². The number of nitrogens with zero attached hydrogens (tertiary/aromatic N) is 3. The predicted octanol–water partition coefficient (Wildman–Crippen LogP) is 3.08. The number of rotatable bonds is 5. The van der Waals surface area contributed by atoms with Crippen LogP contribution in [0.4, 0.5) is 4.39 Å². The summed E-state index contributed by atoms with van der Waals surface area (Å²) >= 11 is 0. The molecule has 0 unspecified atom stereocenters. The number of piperidine rings is 2. The third-order valence-corrected chi connectivity index (χ3v) is 5.66. The lowest BCUT2D eigenvalue weighted by Crippen LogP contribution is -2.47. The Kier molecular flexibility index (Phi) is 9.94. The van der Waals surface area contributed by atoms with Crippen molar-refractivity contribution in [1.29, 1.82) is 0 Å². The van der Waals surface area contributed by atoms with Gasteiger partial charge < -0.3 is 15.3 Å². The van der Waals surface area contributed by atoms with E-state index in [0.717, 1.165) is 76.5 Å². The third kappa shape index (κ3) is 6.84. The number of aliphatic hydroxyl groups excluding tert-OH is 1. The van der Waals surface area contributed by atoms with E-state index in [4.69, 9.17) is 4.99 Å². The van der Waals surface area contributed by atoms with Crippen LogP contribution in [-0.4, -0.2) is 66.2 Å². The Bertz CT molecular complexity index is 614. The van der Waals surface area contributed by atoms with Crippen molar-refractivity contribution in [2.75, 3.05) is 39.3 Å². The van der Waals surface area contributed by atoms with E-state index >= 15 is 0 Å². The number of nitrogens with one attached hydrogen (secondary N) is 1. The molecule has 158 valence electrons. The molecule has 2 fully saturated rings. The fourth-order valence-electron chi connectivity index (χ4n) is 3.91. The first kappa shape index (κ1) is 23.3. The van der Waals surface area contributed by atoms with Gasteiger partial charge in [-0.1, -0.05) is 18.2 Å². The van der Waals surface area contributed by atoms with Crippen LogP contribution in [0, 0.1) is 11.7 Å². The molecule has 2 saturated heterocycles. The quantitative estimate of drug-likeness (QED) is 0.368. The third-order valence-electron chi connectivity index (χ3n) is 5.66. The van der Waals surface area contributed by atoms with Gasteiger partial charge in [0.2, 0.25) is 0 Å². The Balaban J connectivity index is 0.00000280. The highest BCUT2D eigenvalue weighted by molar-refractivity contribution is 14.0. The summed E-state index contributed by atoms with van der Waals surface area (Å²) in [6.45, 7) is 8.23. The lowest BCUT2D eigenvalue weighted by atomic mass is 9.96. The van der Waals surface area contributed by atoms with Gasteiger partial charge in [-0.3, -0.25) is 9.89 Å². The lowest BCUT2D eigenvalue weighted by Gasteiger charge is -2.34. The molecular formula is C21H34FIN4O. The van der Waals surface area contributed by atoms with Crippen LogP contribution in [0.5, 0.6) is 0 Å². The monoisotopic (exact) mass is 504 g/mol. The average Bonchev–Trinajstić information content (AvgIpc) is 2.69. The molecule has 0 saturated carbocycles. The van der Waals surface area contributed by atoms with Crippen LogP contribution in [0.15, 0.2) is 29.3 Å². The molecule has 0 aliphatic carbocycles. The molecule has 0 aromatic heterocycles. The van der Waals surface area contributed by atoms with Gasteiger partial charge in [0.05, 0.1) is 6.10 Å². The topological polar surface area (TPSA) is 51.1 Å². The summed E-state index contributed by atoms with van der Waals surface area (Å²) < 4.78 is 13.8.